The van der Waals surface area contributed by atoms with Gasteiger partial charge in [-0.3, -0.25) is 14.5 Å². The van der Waals surface area contributed by atoms with Crippen LogP contribution in [0.15, 0.2) is 24.5 Å². The lowest BCUT2D eigenvalue weighted by molar-refractivity contribution is -0.137. The highest BCUT2D eigenvalue weighted by Crippen LogP contribution is 2.15. The molecule has 3 rings (SSSR count). The van der Waals surface area contributed by atoms with Crippen molar-refractivity contribution in [2.24, 2.45) is 0 Å². The third-order valence-corrected chi connectivity index (χ3v) is 4.84. The fraction of sp³-hybridized carbons (Fsp3) is 0.500. The minimum atomic E-state index is -0.0926. The molecule has 2 amide bonds. The number of fused-ring (bicyclic) bond motifs is 1. The molecule has 0 bridgehead atoms. The highest BCUT2D eigenvalue weighted by atomic mass is 16.2. The molecule has 1 aromatic heterocycles. The number of aromatic amines is 1. The molecule has 1 aliphatic heterocycles. The van der Waals surface area contributed by atoms with Gasteiger partial charge in [-0.15, -0.1) is 0 Å². The Morgan fingerprint density at radius 3 is 2.52 bits per heavy atom. The Kier molecular flexibility index (Phi) is 5.03. The maximum Gasteiger partial charge on any atom is 0.254 e. The van der Waals surface area contributed by atoms with Crippen LogP contribution in [0.5, 0.6) is 0 Å². The number of benzene rings is 1. The van der Waals surface area contributed by atoms with Gasteiger partial charge >= 0.3 is 0 Å². The van der Waals surface area contributed by atoms with Gasteiger partial charge in [-0.1, -0.05) is 6.92 Å². The number of hydrogen-bond donors (Lipinski definition) is 1. The highest BCUT2D eigenvalue weighted by Gasteiger charge is 2.29. The lowest BCUT2D eigenvalue weighted by Crippen LogP contribution is -2.54. The quantitative estimate of drug-likeness (QED) is 0.905. The summed E-state index contributed by atoms with van der Waals surface area (Å²) in [6.45, 7) is 4.32. The molecule has 1 unspecified atom stereocenters. The van der Waals surface area contributed by atoms with E-state index in [0.717, 1.165) is 17.5 Å². The zero-order valence-electron chi connectivity index (χ0n) is 15.0. The Balaban J connectivity index is 1.63. The second-order valence-corrected chi connectivity index (χ2v) is 6.64. The lowest BCUT2D eigenvalue weighted by Gasteiger charge is -2.37. The predicted octanol–water partition coefficient (Wildman–Crippen LogP) is 1.19. The zero-order chi connectivity index (χ0) is 18.0. The first-order valence-electron chi connectivity index (χ1n) is 8.69. The SMILES string of the molecule is CCC(C(=O)N1CCN(C(=O)c2ccc3nc[nH]c3c2)CC1)N(C)C. The number of rotatable bonds is 4. The minimum Gasteiger partial charge on any atom is -0.345 e. The third kappa shape index (κ3) is 3.51. The van der Waals surface area contributed by atoms with Gasteiger partial charge in [-0.2, -0.15) is 0 Å². The molecule has 0 saturated carbocycles. The van der Waals surface area contributed by atoms with Gasteiger partial charge in [0.15, 0.2) is 0 Å². The van der Waals surface area contributed by atoms with E-state index in [9.17, 15) is 9.59 Å². The Bertz CT molecular complexity index is 762. The van der Waals surface area contributed by atoms with E-state index >= 15 is 0 Å². The first-order chi connectivity index (χ1) is 12.0. The van der Waals surface area contributed by atoms with Gasteiger partial charge in [-0.25, -0.2) is 4.98 Å². The largest absolute Gasteiger partial charge is 0.345 e. The molecule has 1 fully saturated rings. The number of piperazine rings is 1. The average molecular weight is 343 g/mol. The molecule has 25 heavy (non-hydrogen) atoms. The zero-order valence-corrected chi connectivity index (χ0v) is 15.0. The fourth-order valence-corrected chi connectivity index (χ4v) is 3.35. The van der Waals surface area contributed by atoms with Crippen molar-refractivity contribution < 1.29 is 9.59 Å². The van der Waals surface area contributed by atoms with Gasteiger partial charge in [0, 0.05) is 31.7 Å². The van der Waals surface area contributed by atoms with Crippen LogP contribution in [0.2, 0.25) is 0 Å². The van der Waals surface area contributed by atoms with Crippen molar-refractivity contribution in [3.63, 3.8) is 0 Å². The molecule has 134 valence electrons. The summed E-state index contributed by atoms with van der Waals surface area (Å²) in [7, 11) is 3.86. The number of nitrogens with one attached hydrogen (secondary N) is 1. The third-order valence-electron chi connectivity index (χ3n) is 4.84. The van der Waals surface area contributed by atoms with Crippen LogP contribution in [0, 0.1) is 0 Å². The monoisotopic (exact) mass is 343 g/mol. The number of carbonyl (C=O) groups is 2. The summed E-state index contributed by atoms with van der Waals surface area (Å²) < 4.78 is 0. The summed E-state index contributed by atoms with van der Waals surface area (Å²) in [6, 6.07) is 5.40. The summed E-state index contributed by atoms with van der Waals surface area (Å²) in [5.74, 6) is 0.154. The van der Waals surface area contributed by atoms with Crippen LogP contribution < -0.4 is 0 Å². The van der Waals surface area contributed by atoms with Crippen LogP contribution in [0.4, 0.5) is 0 Å². The predicted molar refractivity (Wildman–Crippen MR) is 96.3 cm³/mol. The molecule has 1 saturated heterocycles. The topological polar surface area (TPSA) is 72.5 Å². The average Bonchev–Trinajstić information content (AvgIpc) is 3.09. The molecule has 1 N–H and O–H groups in total. The molecule has 7 nitrogen and oxygen atoms in total. The van der Waals surface area contributed by atoms with Crippen molar-refractivity contribution in [2.45, 2.75) is 19.4 Å². The van der Waals surface area contributed by atoms with E-state index in [4.69, 9.17) is 0 Å². The van der Waals surface area contributed by atoms with Crippen LogP contribution in [-0.2, 0) is 4.79 Å². The number of aromatic nitrogens is 2. The van der Waals surface area contributed by atoms with Gasteiger partial charge < -0.3 is 14.8 Å². The van der Waals surface area contributed by atoms with Gasteiger partial charge in [0.25, 0.3) is 5.91 Å². The molecule has 0 spiro atoms. The number of hydrogen-bond acceptors (Lipinski definition) is 4. The van der Waals surface area contributed by atoms with Crippen LogP contribution >= 0.6 is 0 Å². The standard InChI is InChI=1S/C18H25N5O2/c1-4-16(21(2)3)18(25)23-9-7-22(8-10-23)17(24)13-5-6-14-15(11-13)20-12-19-14/h5-6,11-12,16H,4,7-10H2,1-3H3,(H,19,20). The smallest absolute Gasteiger partial charge is 0.254 e. The Morgan fingerprint density at radius 2 is 1.88 bits per heavy atom. The van der Waals surface area contributed by atoms with Crippen LogP contribution in [0.25, 0.3) is 11.0 Å². The maximum atomic E-state index is 12.7. The first-order valence-corrected chi connectivity index (χ1v) is 8.69. The molecule has 1 aromatic carbocycles. The van der Waals surface area contributed by atoms with Gasteiger partial charge in [0.05, 0.1) is 23.4 Å². The van der Waals surface area contributed by atoms with E-state index in [1.54, 1.807) is 6.33 Å². The van der Waals surface area contributed by atoms with Crippen molar-refractivity contribution in [3.05, 3.63) is 30.1 Å². The number of imidazole rings is 1. The van der Waals surface area contributed by atoms with Gasteiger partial charge in [0.1, 0.15) is 0 Å². The summed E-state index contributed by atoms with van der Waals surface area (Å²) in [5, 5.41) is 0. The molecule has 2 heterocycles. The fourth-order valence-electron chi connectivity index (χ4n) is 3.35. The normalized spacial score (nSPS) is 16.5. The molecule has 0 radical (unpaired) electrons. The summed E-state index contributed by atoms with van der Waals surface area (Å²) in [4.78, 5) is 38.2. The van der Waals surface area contributed by atoms with E-state index < -0.39 is 0 Å². The molecule has 0 aliphatic carbocycles. The molecule has 1 atom stereocenters. The molecular formula is C18H25N5O2. The number of carbonyl (C=O) groups excluding carboxylic acids is 2. The van der Waals surface area contributed by atoms with Crippen LogP contribution in [0.1, 0.15) is 23.7 Å². The van der Waals surface area contributed by atoms with Crippen molar-refractivity contribution in [1.29, 1.82) is 0 Å². The molecular weight excluding hydrogens is 318 g/mol. The van der Waals surface area contributed by atoms with Gasteiger partial charge in [-0.05, 0) is 38.7 Å². The number of H-pyrrole nitrogens is 1. The van der Waals surface area contributed by atoms with Crippen molar-refractivity contribution in [3.8, 4) is 0 Å². The van der Waals surface area contributed by atoms with E-state index in [-0.39, 0.29) is 17.9 Å². The highest BCUT2D eigenvalue weighted by molar-refractivity contribution is 5.97. The number of likely N-dealkylation sites (N-methyl/N-ethyl adjacent to an activating group) is 1. The maximum absolute atomic E-state index is 12.7. The van der Waals surface area contributed by atoms with Crippen molar-refractivity contribution >= 4 is 22.8 Å². The van der Waals surface area contributed by atoms with E-state index in [1.807, 2.05) is 53.9 Å². The Morgan fingerprint density at radius 1 is 1.20 bits per heavy atom. The van der Waals surface area contributed by atoms with Crippen LogP contribution in [0.3, 0.4) is 0 Å². The van der Waals surface area contributed by atoms with Gasteiger partial charge in [0.2, 0.25) is 5.91 Å². The number of nitrogens with zero attached hydrogens (tertiary/aromatic N) is 4. The second kappa shape index (κ2) is 7.23. The molecule has 2 aromatic rings. The first kappa shape index (κ1) is 17.4. The van der Waals surface area contributed by atoms with Crippen LogP contribution in [-0.4, -0.2) is 82.8 Å². The number of amides is 2. The molecule has 7 heteroatoms. The van der Waals surface area contributed by atoms with E-state index in [2.05, 4.69) is 9.97 Å². The van der Waals surface area contributed by atoms with E-state index in [0.29, 0.717) is 31.7 Å². The summed E-state index contributed by atoms with van der Waals surface area (Å²) >= 11 is 0. The van der Waals surface area contributed by atoms with E-state index in [1.165, 1.54) is 0 Å². The Labute approximate surface area is 147 Å². The summed E-state index contributed by atoms with van der Waals surface area (Å²) in [6.07, 6.45) is 2.41. The summed E-state index contributed by atoms with van der Waals surface area (Å²) in [5.41, 5.74) is 2.36. The van der Waals surface area contributed by atoms with Crippen molar-refractivity contribution in [2.75, 3.05) is 40.3 Å². The Hall–Kier alpha value is -2.41. The van der Waals surface area contributed by atoms with Crippen molar-refractivity contribution in [1.82, 2.24) is 24.7 Å². The lowest BCUT2D eigenvalue weighted by atomic mass is 10.1. The second-order valence-electron chi connectivity index (χ2n) is 6.64. The minimum absolute atomic E-state index is 0.00301. The molecule has 1 aliphatic rings.